The van der Waals surface area contributed by atoms with Crippen molar-refractivity contribution in [1.82, 2.24) is 4.90 Å². The second-order valence-corrected chi connectivity index (χ2v) is 6.89. The van der Waals surface area contributed by atoms with E-state index in [1.165, 1.54) is 7.11 Å². The Morgan fingerprint density at radius 3 is 2.46 bits per heavy atom. The molecule has 0 unspecified atom stereocenters. The predicted molar refractivity (Wildman–Crippen MR) is 94.2 cm³/mol. The number of likely N-dealkylation sites (N-methyl/N-ethyl adjacent to an activating group) is 1. The summed E-state index contributed by atoms with van der Waals surface area (Å²) in [5.74, 6) is -1.41. The average molecular weight is 365 g/mol. The monoisotopic (exact) mass is 365 g/mol. The topological polar surface area (TPSA) is 82.1 Å². The third-order valence-electron chi connectivity index (χ3n) is 5.23. The van der Waals surface area contributed by atoms with Crippen LogP contribution in [-0.2, 0) is 28.6 Å². The number of ether oxygens (including phenoxy) is 3. The van der Waals surface area contributed by atoms with Gasteiger partial charge in [0.25, 0.3) is 0 Å². The fraction of sp³-hybridized carbons (Fsp3) is 0.632. The zero-order chi connectivity index (χ0) is 19.4. The lowest BCUT2D eigenvalue weighted by atomic mass is 10.00. The van der Waals surface area contributed by atoms with Crippen molar-refractivity contribution in [2.24, 2.45) is 0 Å². The number of carbonyl (C=O) groups excluding carboxylic acids is 3. The number of piperidine rings is 1. The third-order valence-corrected chi connectivity index (χ3v) is 5.23. The molecule has 2 aliphatic heterocycles. The highest BCUT2D eigenvalue weighted by Gasteiger charge is 2.47. The van der Waals surface area contributed by atoms with Crippen molar-refractivity contribution in [3.8, 4) is 0 Å². The maximum atomic E-state index is 12.1. The van der Waals surface area contributed by atoms with Crippen molar-refractivity contribution < 1.29 is 28.6 Å². The molecule has 0 saturated carbocycles. The first-order chi connectivity index (χ1) is 12.3. The average Bonchev–Trinajstić information content (AvgIpc) is 2.78. The van der Waals surface area contributed by atoms with E-state index in [1.807, 2.05) is 7.05 Å². The Bertz CT molecular complexity index is 626. The van der Waals surface area contributed by atoms with Gasteiger partial charge < -0.3 is 14.2 Å². The number of allylic oxidation sites excluding steroid dienone is 1. The van der Waals surface area contributed by atoms with Gasteiger partial charge in [0, 0.05) is 36.5 Å². The van der Waals surface area contributed by atoms with Gasteiger partial charge in [-0.1, -0.05) is 12.7 Å². The van der Waals surface area contributed by atoms with Crippen LogP contribution in [0, 0.1) is 0 Å². The summed E-state index contributed by atoms with van der Waals surface area (Å²) in [5.41, 5.74) is 0.658. The molecule has 2 heterocycles. The van der Waals surface area contributed by atoms with Gasteiger partial charge in [0.1, 0.15) is 12.2 Å². The Labute approximate surface area is 154 Å². The molecule has 0 radical (unpaired) electrons. The summed E-state index contributed by atoms with van der Waals surface area (Å²) < 4.78 is 15.7. The van der Waals surface area contributed by atoms with Crippen LogP contribution in [-0.4, -0.2) is 61.3 Å². The molecule has 7 nitrogen and oxygen atoms in total. The van der Waals surface area contributed by atoms with Gasteiger partial charge in [-0.25, -0.2) is 9.59 Å². The van der Waals surface area contributed by atoms with Gasteiger partial charge in [-0.15, -0.1) is 0 Å². The van der Waals surface area contributed by atoms with Crippen molar-refractivity contribution >= 4 is 17.9 Å². The lowest BCUT2D eigenvalue weighted by Gasteiger charge is -2.36. The van der Waals surface area contributed by atoms with Crippen molar-refractivity contribution in [2.45, 2.75) is 63.8 Å². The molecule has 0 amide bonds. The van der Waals surface area contributed by atoms with Crippen molar-refractivity contribution in [3.05, 3.63) is 23.8 Å². The fourth-order valence-corrected chi connectivity index (χ4v) is 3.50. The van der Waals surface area contributed by atoms with E-state index in [2.05, 4.69) is 16.2 Å². The Kier molecular flexibility index (Phi) is 6.58. The zero-order valence-electron chi connectivity index (χ0n) is 15.8. The third kappa shape index (κ3) is 4.52. The van der Waals surface area contributed by atoms with E-state index in [9.17, 15) is 14.4 Å². The Morgan fingerprint density at radius 2 is 1.85 bits per heavy atom. The first kappa shape index (κ1) is 20.2. The predicted octanol–water partition coefficient (Wildman–Crippen LogP) is 1.76. The maximum Gasteiger partial charge on any atom is 0.334 e. The summed E-state index contributed by atoms with van der Waals surface area (Å²) in [5, 5.41) is 0. The van der Waals surface area contributed by atoms with Crippen molar-refractivity contribution in [3.63, 3.8) is 0 Å². The smallest absolute Gasteiger partial charge is 0.334 e. The van der Waals surface area contributed by atoms with E-state index >= 15 is 0 Å². The van der Waals surface area contributed by atoms with Gasteiger partial charge >= 0.3 is 17.9 Å². The van der Waals surface area contributed by atoms with Gasteiger partial charge in [0.15, 0.2) is 0 Å². The number of fused-ring (bicyclic) bond motifs is 2. The minimum Gasteiger partial charge on any atom is -0.469 e. The molecule has 2 rings (SSSR count). The van der Waals surface area contributed by atoms with Crippen molar-refractivity contribution in [1.29, 1.82) is 0 Å². The Hall–Kier alpha value is -2.15. The Morgan fingerprint density at radius 1 is 1.15 bits per heavy atom. The van der Waals surface area contributed by atoms with Crippen LogP contribution in [0.5, 0.6) is 0 Å². The molecule has 0 aliphatic carbocycles. The van der Waals surface area contributed by atoms with Gasteiger partial charge in [-0.3, -0.25) is 9.69 Å². The number of hydrogen-bond acceptors (Lipinski definition) is 7. The van der Waals surface area contributed by atoms with Gasteiger partial charge in [-0.2, -0.15) is 0 Å². The fourth-order valence-electron chi connectivity index (χ4n) is 3.50. The normalized spacial score (nSPS) is 28.4. The zero-order valence-corrected chi connectivity index (χ0v) is 15.8. The minimum absolute atomic E-state index is 0.00836. The van der Waals surface area contributed by atoms with E-state index in [1.54, 1.807) is 19.9 Å². The molecule has 0 aromatic rings. The number of carbonyl (C=O) groups is 3. The van der Waals surface area contributed by atoms with Crippen LogP contribution in [0.1, 0.15) is 39.5 Å². The van der Waals surface area contributed by atoms with Gasteiger partial charge in [-0.05, 0) is 20.9 Å². The van der Waals surface area contributed by atoms with Crippen LogP contribution in [0.15, 0.2) is 23.8 Å². The number of nitrogens with zero attached hydrogens (tertiary/aromatic N) is 1. The molecule has 0 aromatic carbocycles. The number of hydrogen-bond donors (Lipinski definition) is 0. The highest BCUT2D eigenvalue weighted by atomic mass is 16.6. The second-order valence-electron chi connectivity index (χ2n) is 6.89. The van der Waals surface area contributed by atoms with Crippen LogP contribution in [0.3, 0.4) is 0 Å². The molecule has 26 heavy (non-hydrogen) atoms. The molecular weight excluding hydrogens is 338 g/mol. The minimum atomic E-state index is -0.581. The largest absolute Gasteiger partial charge is 0.469 e. The van der Waals surface area contributed by atoms with Crippen LogP contribution in [0.2, 0.25) is 0 Å². The van der Waals surface area contributed by atoms with Crippen LogP contribution >= 0.6 is 0 Å². The molecule has 0 N–H and O–H groups in total. The van der Waals surface area contributed by atoms with Crippen molar-refractivity contribution in [2.75, 3.05) is 14.2 Å². The molecule has 2 aliphatic rings. The lowest BCUT2D eigenvalue weighted by Crippen LogP contribution is -2.46. The van der Waals surface area contributed by atoms with E-state index in [0.29, 0.717) is 18.4 Å². The summed E-state index contributed by atoms with van der Waals surface area (Å²) in [6.45, 7) is 7.12. The molecule has 2 fully saturated rings. The number of rotatable bonds is 6. The molecule has 0 aromatic heterocycles. The molecule has 4 atom stereocenters. The first-order valence-corrected chi connectivity index (χ1v) is 8.78. The summed E-state index contributed by atoms with van der Waals surface area (Å²) in [6.07, 6.45) is 3.02. The van der Waals surface area contributed by atoms with E-state index in [0.717, 1.165) is 6.42 Å². The molecule has 0 spiro atoms. The first-order valence-electron chi connectivity index (χ1n) is 8.78. The summed E-state index contributed by atoms with van der Waals surface area (Å²) in [6, 6.07) is 0.193. The summed E-state index contributed by atoms with van der Waals surface area (Å²) in [4.78, 5) is 37.6. The highest BCUT2D eigenvalue weighted by Crippen LogP contribution is 2.38. The van der Waals surface area contributed by atoms with Crippen LogP contribution < -0.4 is 0 Å². The number of methoxy groups -OCH3 is 1. The van der Waals surface area contributed by atoms with E-state index < -0.39 is 11.9 Å². The molecule has 144 valence electrons. The second kappa shape index (κ2) is 8.49. The standard InChI is InChI=1S/C19H27NO6/c1-6-11(2)18(22)26-16-9-13-8-14(10-15(16)20(13)4)25-19(23)12(3)7-17(21)24-5/h6,13-16H,3,7-10H2,1-2,4-5H3/b11-6-/t13-,14-,15+,16-/m0/s1. The molecule has 2 bridgehead atoms. The maximum absolute atomic E-state index is 12.1. The molecule has 7 heteroatoms. The number of esters is 3. The van der Waals surface area contributed by atoms with Crippen LogP contribution in [0.25, 0.3) is 0 Å². The SMILES string of the molecule is C=C(CC(=O)OC)C(=O)O[C@H]1C[C@H]2C[C@H](OC(=O)/C(C)=C\C)[C@@H](C1)N2C. The molecular formula is C19H27NO6. The quantitative estimate of drug-likeness (QED) is 0.403. The van der Waals surface area contributed by atoms with E-state index in [4.69, 9.17) is 9.47 Å². The summed E-state index contributed by atoms with van der Waals surface area (Å²) in [7, 11) is 3.26. The summed E-state index contributed by atoms with van der Waals surface area (Å²) >= 11 is 0. The Balaban J connectivity index is 1.94. The highest BCUT2D eigenvalue weighted by molar-refractivity contribution is 5.93. The van der Waals surface area contributed by atoms with Gasteiger partial charge in [0.05, 0.1) is 19.6 Å². The van der Waals surface area contributed by atoms with Gasteiger partial charge in [0.2, 0.25) is 0 Å². The molecule has 2 saturated heterocycles. The lowest BCUT2D eigenvalue weighted by molar-refractivity contribution is -0.152. The van der Waals surface area contributed by atoms with E-state index in [-0.39, 0.29) is 42.3 Å². The van der Waals surface area contributed by atoms with Crippen LogP contribution in [0.4, 0.5) is 0 Å².